The van der Waals surface area contributed by atoms with E-state index in [-0.39, 0.29) is 18.1 Å². The normalized spacial score (nSPS) is 28.7. The molecule has 1 aromatic carbocycles. The highest BCUT2D eigenvalue weighted by atomic mass is 16.3. The van der Waals surface area contributed by atoms with Crippen molar-refractivity contribution in [2.24, 2.45) is 5.92 Å². The van der Waals surface area contributed by atoms with Crippen molar-refractivity contribution in [1.29, 1.82) is 0 Å². The van der Waals surface area contributed by atoms with Crippen LogP contribution in [-0.4, -0.2) is 34.6 Å². The minimum Gasteiger partial charge on any atom is -0.393 e. The van der Waals surface area contributed by atoms with Crippen LogP contribution in [-0.2, 0) is 4.79 Å². The lowest BCUT2D eigenvalue weighted by Gasteiger charge is -2.34. The van der Waals surface area contributed by atoms with Crippen LogP contribution in [0.2, 0.25) is 0 Å². The van der Waals surface area contributed by atoms with Crippen LogP contribution >= 0.6 is 0 Å². The lowest BCUT2D eigenvalue weighted by molar-refractivity contribution is -0.138. The van der Waals surface area contributed by atoms with Crippen LogP contribution in [0.25, 0.3) is 6.08 Å². The summed E-state index contributed by atoms with van der Waals surface area (Å²) in [5.74, 6) is 0.422. The zero-order chi connectivity index (χ0) is 16.8. The summed E-state index contributed by atoms with van der Waals surface area (Å²) in [7, 11) is 0. The van der Waals surface area contributed by atoms with Crippen molar-refractivity contribution in [2.75, 3.05) is 6.54 Å². The third kappa shape index (κ3) is 4.47. The Morgan fingerprint density at radius 1 is 1.00 bits per heavy atom. The fourth-order valence-electron chi connectivity index (χ4n) is 3.95. The molecule has 1 atom stereocenters. The van der Waals surface area contributed by atoms with Crippen molar-refractivity contribution in [3.63, 3.8) is 0 Å². The molecule has 2 fully saturated rings. The van der Waals surface area contributed by atoms with Gasteiger partial charge >= 0.3 is 0 Å². The van der Waals surface area contributed by atoms with E-state index < -0.39 is 0 Å². The van der Waals surface area contributed by atoms with Gasteiger partial charge in [0.2, 0.25) is 5.91 Å². The van der Waals surface area contributed by atoms with Gasteiger partial charge in [0, 0.05) is 12.5 Å². The van der Waals surface area contributed by atoms with E-state index in [0.717, 1.165) is 45.1 Å². The molecule has 1 N–H and O–H groups in total. The highest BCUT2D eigenvalue weighted by Gasteiger charge is 2.31. The fraction of sp³-hybridized carbons (Fsp3) is 0.571. The standard InChI is InChI=1S/C21H29NO2/c23-20-14-11-18(12-15-20)21(24)22-16-6-2-5-9-19(22)13-10-17-7-3-1-4-8-17/h1,3-4,7-8,10,13,18-20,23H,2,5-6,9,11-12,14-16H2. The van der Waals surface area contributed by atoms with E-state index in [9.17, 15) is 9.90 Å². The van der Waals surface area contributed by atoms with Crippen molar-refractivity contribution in [2.45, 2.75) is 63.5 Å². The molecule has 1 amide bonds. The zero-order valence-corrected chi connectivity index (χ0v) is 14.4. The number of nitrogens with zero attached hydrogens (tertiary/aromatic N) is 1. The summed E-state index contributed by atoms with van der Waals surface area (Å²) in [4.78, 5) is 15.2. The van der Waals surface area contributed by atoms with Crippen LogP contribution in [0, 0.1) is 5.92 Å². The molecule has 1 aromatic rings. The molecular weight excluding hydrogens is 298 g/mol. The maximum absolute atomic E-state index is 13.0. The Balaban J connectivity index is 1.70. The summed E-state index contributed by atoms with van der Waals surface area (Å²) in [5, 5.41) is 9.69. The smallest absolute Gasteiger partial charge is 0.226 e. The van der Waals surface area contributed by atoms with Gasteiger partial charge in [0.15, 0.2) is 0 Å². The predicted molar refractivity (Wildman–Crippen MR) is 97.4 cm³/mol. The highest BCUT2D eigenvalue weighted by molar-refractivity contribution is 5.79. The minimum atomic E-state index is -0.202. The molecule has 0 bridgehead atoms. The van der Waals surface area contributed by atoms with E-state index in [1.807, 2.05) is 18.2 Å². The summed E-state index contributed by atoms with van der Waals surface area (Å²) >= 11 is 0. The van der Waals surface area contributed by atoms with Gasteiger partial charge in [-0.15, -0.1) is 0 Å². The molecule has 3 heteroatoms. The summed E-state index contributed by atoms with van der Waals surface area (Å²) in [6.07, 6.45) is 12.0. The van der Waals surface area contributed by atoms with E-state index in [1.165, 1.54) is 18.4 Å². The Bertz CT molecular complexity index is 546. The number of aliphatic hydroxyl groups is 1. The molecule has 24 heavy (non-hydrogen) atoms. The first-order chi connectivity index (χ1) is 11.7. The molecule has 3 rings (SSSR count). The molecule has 1 saturated heterocycles. The number of carbonyl (C=O) groups excluding carboxylic acids is 1. The Morgan fingerprint density at radius 3 is 2.50 bits per heavy atom. The topological polar surface area (TPSA) is 40.5 Å². The maximum atomic E-state index is 13.0. The van der Waals surface area contributed by atoms with Crippen LogP contribution < -0.4 is 0 Å². The SMILES string of the molecule is O=C(C1CCC(O)CC1)N1CCCCCC1C=Cc1ccccc1. The molecular formula is C21H29NO2. The van der Waals surface area contributed by atoms with Gasteiger partial charge < -0.3 is 10.0 Å². The van der Waals surface area contributed by atoms with E-state index in [0.29, 0.717) is 5.91 Å². The Kier molecular flexibility index (Phi) is 6.08. The number of hydrogen-bond donors (Lipinski definition) is 1. The first-order valence-electron chi connectivity index (χ1n) is 9.46. The Labute approximate surface area is 145 Å². The lowest BCUT2D eigenvalue weighted by Crippen LogP contribution is -2.43. The first-order valence-corrected chi connectivity index (χ1v) is 9.46. The zero-order valence-electron chi connectivity index (χ0n) is 14.4. The number of benzene rings is 1. The second kappa shape index (κ2) is 8.48. The van der Waals surface area contributed by atoms with Gasteiger partial charge in [0.25, 0.3) is 0 Å². The average molecular weight is 327 g/mol. The van der Waals surface area contributed by atoms with Crippen LogP contribution in [0.4, 0.5) is 0 Å². The van der Waals surface area contributed by atoms with Crippen molar-refractivity contribution in [3.8, 4) is 0 Å². The molecule has 1 aliphatic carbocycles. The van der Waals surface area contributed by atoms with Crippen molar-refractivity contribution >= 4 is 12.0 Å². The van der Waals surface area contributed by atoms with E-state index in [2.05, 4.69) is 29.2 Å². The molecule has 130 valence electrons. The third-order valence-electron chi connectivity index (χ3n) is 5.44. The molecule has 0 radical (unpaired) electrons. The van der Waals surface area contributed by atoms with Crippen molar-refractivity contribution in [1.82, 2.24) is 4.90 Å². The van der Waals surface area contributed by atoms with E-state index in [4.69, 9.17) is 0 Å². The van der Waals surface area contributed by atoms with Crippen LogP contribution in [0.3, 0.4) is 0 Å². The third-order valence-corrected chi connectivity index (χ3v) is 5.44. The highest BCUT2D eigenvalue weighted by Crippen LogP contribution is 2.29. The molecule has 3 nitrogen and oxygen atoms in total. The Morgan fingerprint density at radius 2 is 1.75 bits per heavy atom. The van der Waals surface area contributed by atoms with E-state index >= 15 is 0 Å². The minimum absolute atomic E-state index is 0.110. The summed E-state index contributed by atoms with van der Waals surface area (Å²) in [6.45, 7) is 0.877. The van der Waals surface area contributed by atoms with Gasteiger partial charge in [-0.3, -0.25) is 4.79 Å². The molecule has 1 saturated carbocycles. The van der Waals surface area contributed by atoms with Crippen molar-refractivity contribution in [3.05, 3.63) is 42.0 Å². The fourth-order valence-corrected chi connectivity index (χ4v) is 3.95. The summed E-state index contributed by atoms with van der Waals surface area (Å²) in [5.41, 5.74) is 1.19. The summed E-state index contributed by atoms with van der Waals surface area (Å²) in [6, 6.07) is 10.5. The molecule has 0 aromatic heterocycles. The van der Waals surface area contributed by atoms with Gasteiger partial charge in [-0.1, -0.05) is 55.3 Å². The van der Waals surface area contributed by atoms with Gasteiger partial charge in [0.05, 0.1) is 12.1 Å². The second-order valence-corrected chi connectivity index (χ2v) is 7.22. The quantitative estimate of drug-likeness (QED) is 0.911. The first kappa shape index (κ1) is 17.2. The molecule has 1 unspecified atom stereocenters. The number of likely N-dealkylation sites (tertiary alicyclic amines) is 1. The number of aliphatic hydroxyl groups excluding tert-OH is 1. The van der Waals surface area contributed by atoms with Gasteiger partial charge in [-0.25, -0.2) is 0 Å². The predicted octanol–water partition coefficient (Wildman–Crippen LogP) is 4.02. The number of hydrogen-bond acceptors (Lipinski definition) is 2. The van der Waals surface area contributed by atoms with Gasteiger partial charge in [0.1, 0.15) is 0 Å². The number of amides is 1. The molecule has 1 aliphatic heterocycles. The van der Waals surface area contributed by atoms with E-state index in [1.54, 1.807) is 0 Å². The monoisotopic (exact) mass is 327 g/mol. The lowest BCUT2D eigenvalue weighted by atomic mass is 9.86. The maximum Gasteiger partial charge on any atom is 0.226 e. The number of carbonyl (C=O) groups is 1. The van der Waals surface area contributed by atoms with Gasteiger partial charge in [-0.2, -0.15) is 0 Å². The van der Waals surface area contributed by atoms with Crippen molar-refractivity contribution < 1.29 is 9.90 Å². The molecule has 2 aliphatic rings. The number of rotatable bonds is 3. The molecule has 1 heterocycles. The largest absolute Gasteiger partial charge is 0.393 e. The van der Waals surface area contributed by atoms with Crippen LogP contribution in [0.1, 0.15) is 56.9 Å². The molecule has 0 spiro atoms. The Hall–Kier alpha value is -1.61. The van der Waals surface area contributed by atoms with Gasteiger partial charge in [-0.05, 0) is 44.1 Å². The second-order valence-electron chi connectivity index (χ2n) is 7.22. The van der Waals surface area contributed by atoms with Crippen LogP contribution in [0.15, 0.2) is 36.4 Å². The van der Waals surface area contributed by atoms with Crippen LogP contribution in [0.5, 0.6) is 0 Å². The summed E-state index contributed by atoms with van der Waals surface area (Å²) < 4.78 is 0. The average Bonchev–Trinajstić information content (AvgIpc) is 2.86.